The van der Waals surface area contributed by atoms with Gasteiger partial charge in [-0.1, -0.05) is 48.2 Å². The summed E-state index contributed by atoms with van der Waals surface area (Å²) in [7, 11) is 0. The third-order valence-corrected chi connectivity index (χ3v) is 6.58. The Morgan fingerprint density at radius 2 is 1.09 bits per heavy atom. The number of fused-ring (bicyclic) bond motifs is 2. The van der Waals surface area contributed by atoms with Gasteiger partial charge in [-0.15, -0.1) is 0 Å². The van der Waals surface area contributed by atoms with Gasteiger partial charge in [-0.2, -0.15) is 0 Å². The number of nitrogens with zero attached hydrogens (tertiary/aromatic N) is 2. The Labute approximate surface area is 154 Å². The Morgan fingerprint density at radius 3 is 1.57 bits per heavy atom. The van der Waals surface area contributed by atoms with Gasteiger partial charge in [0, 0.05) is 33.0 Å². The maximum Gasteiger partial charge on any atom is 0.0714 e. The molecule has 4 aromatic rings. The number of benzene rings is 2. The second-order valence-electron chi connectivity index (χ2n) is 5.01. The molecule has 4 rings (SSSR count). The Balaban J connectivity index is 1.95. The largest absolute Gasteiger partial charge is 0.255 e. The Morgan fingerprint density at radius 1 is 0.652 bits per heavy atom. The number of rotatable bonds is 2. The fourth-order valence-electron chi connectivity index (χ4n) is 2.49. The maximum atomic E-state index is 4.48. The van der Waals surface area contributed by atoms with Crippen molar-refractivity contribution in [3.05, 3.63) is 69.9 Å². The quantitative estimate of drug-likeness (QED) is 0.354. The van der Waals surface area contributed by atoms with Crippen LogP contribution in [-0.2, 0) is 0 Å². The van der Waals surface area contributed by atoms with Crippen LogP contribution in [0.4, 0.5) is 0 Å². The SMILES string of the molecule is Brc1cnc2ccccc2c1Sc1c(Br)cnc2ccccc12. The molecule has 0 aliphatic carbocycles. The van der Waals surface area contributed by atoms with Crippen molar-refractivity contribution in [2.75, 3.05) is 0 Å². The van der Waals surface area contributed by atoms with E-state index >= 15 is 0 Å². The molecule has 0 spiro atoms. The summed E-state index contributed by atoms with van der Waals surface area (Å²) < 4.78 is 1.99. The highest BCUT2D eigenvalue weighted by Crippen LogP contribution is 2.43. The van der Waals surface area contributed by atoms with Crippen molar-refractivity contribution in [2.24, 2.45) is 0 Å². The lowest BCUT2D eigenvalue weighted by Gasteiger charge is -2.11. The zero-order chi connectivity index (χ0) is 15.8. The lowest BCUT2D eigenvalue weighted by molar-refractivity contribution is 1.29. The van der Waals surface area contributed by atoms with E-state index in [0.29, 0.717) is 0 Å². The Bertz CT molecular complexity index is 951. The molecule has 2 aromatic carbocycles. The molecule has 2 nitrogen and oxygen atoms in total. The fourth-order valence-corrected chi connectivity index (χ4v) is 4.68. The van der Waals surface area contributed by atoms with Crippen molar-refractivity contribution in [1.29, 1.82) is 0 Å². The van der Waals surface area contributed by atoms with Crippen molar-refractivity contribution in [3.63, 3.8) is 0 Å². The van der Waals surface area contributed by atoms with Crippen molar-refractivity contribution in [1.82, 2.24) is 9.97 Å². The van der Waals surface area contributed by atoms with Crippen LogP contribution in [0.3, 0.4) is 0 Å². The normalized spacial score (nSPS) is 11.2. The predicted octanol–water partition coefficient (Wildman–Crippen LogP) is 6.46. The van der Waals surface area contributed by atoms with Crippen LogP contribution >= 0.6 is 43.6 Å². The molecule has 112 valence electrons. The second kappa shape index (κ2) is 6.23. The van der Waals surface area contributed by atoms with Crippen molar-refractivity contribution < 1.29 is 0 Å². The summed E-state index contributed by atoms with van der Waals surface area (Å²) in [4.78, 5) is 11.3. The van der Waals surface area contributed by atoms with Gasteiger partial charge in [0.15, 0.2) is 0 Å². The van der Waals surface area contributed by atoms with Crippen LogP contribution in [0.15, 0.2) is 79.7 Å². The topological polar surface area (TPSA) is 25.8 Å². The molecule has 0 saturated heterocycles. The van der Waals surface area contributed by atoms with E-state index in [2.05, 4.69) is 54.0 Å². The van der Waals surface area contributed by atoms with Gasteiger partial charge in [0.1, 0.15) is 0 Å². The van der Waals surface area contributed by atoms with Crippen LogP contribution in [0.5, 0.6) is 0 Å². The zero-order valence-electron chi connectivity index (χ0n) is 11.8. The molecule has 0 amide bonds. The first-order chi connectivity index (χ1) is 11.2. The lowest BCUT2D eigenvalue weighted by atomic mass is 10.2. The van der Waals surface area contributed by atoms with Crippen molar-refractivity contribution in [3.8, 4) is 0 Å². The molecular formula is C18H10Br2N2S. The minimum absolute atomic E-state index is 0.993. The number of aromatic nitrogens is 2. The van der Waals surface area contributed by atoms with Crippen LogP contribution in [0.1, 0.15) is 0 Å². The number of para-hydroxylation sites is 2. The summed E-state index contributed by atoms with van der Waals surface area (Å²) in [5.74, 6) is 0. The third-order valence-electron chi connectivity index (χ3n) is 3.57. The molecule has 0 radical (unpaired) electrons. The van der Waals surface area contributed by atoms with Gasteiger partial charge in [-0.05, 0) is 44.0 Å². The van der Waals surface area contributed by atoms with E-state index in [9.17, 15) is 0 Å². The molecular weight excluding hydrogens is 436 g/mol. The average molecular weight is 446 g/mol. The van der Waals surface area contributed by atoms with Gasteiger partial charge in [0.25, 0.3) is 0 Å². The lowest BCUT2D eigenvalue weighted by Crippen LogP contribution is -1.87. The molecule has 0 fully saturated rings. The number of halogens is 2. The summed E-state index contributed by atoms with van der Waals surface area (Å²) in [6.07, 6.45) is 3.73. The van der Waals surface area contributed by atoms with E-state index in [1.165, 1.54) is 0 Å². The van der Waals surface area contributed by atoms with E-state index in [1.54, 1.807) is 11.8 Å². The first-order valence-corrected chi connectivity index (χ1v) is 9.38. The second-order valence-corrected chi connectivity index (χ2v) is 7.74. The summed E-state index contributed by atoms with van der Waals surface area (Å²) in [6, 6.07) is 16.4. The van der Waals surface area contributed by atoms with E-state index in [-0.39, 0.29) is 0 Å². The number of pyridine rings is 2. The molecule has 0 saturated carbocycles. The third kappa shape index (κ3) is 2.77. The Hall–Kier alpha value is -1.43. The minimum Gasteiger partial charge on any atom is -0.255 e. The van der Waals surface area contributed by atoms with Crippen LogP contribution in [0, 0.1) is 0 Å². The summed E-state index contributed by atoms with van der Waals surface area (Å²) >= 11 is 9.02. The minimum atomic E-state index is 0.993. The van der Waals surface area contributed by atoms with E-state index < -0.39 is 0 Å². The molecule has 5 heteroatoms. The Kier molecular flexibility index (Phi) is 4.09. The van der Waals surface area contributed by atoms with Gasteiger partial charge < -0.3 is 0 Å². The zero-order valence-corrected chi connectivity index (χ0v) is 15.8. The summed E-state index contributed by atoms with van der Waals surface area (Å²) in [5.41, 5.74) is 1.99. The van der Waals surface area contributed by atoms with Crippen LogP contribution < -0.4 is 0 Å². The van der Waals surface area contributed by atoms with Gasteiger partial charge in [0.2, 0.25) is 0 Å². The molecule has 0 bridgehead atoms. The van der Waals surface area contributed by atoms with E-state index in [4.69, 9.17) is 0 Å². The van der Waals surface area contributed by atoms with E-state index in [1.807, 2.05) is 48.8 Å². The molecule has 0 unspecified atom stereocenters. The monoisotopic (exact) mass is 444 g/mol. The van der Waals surface area contributed by atoms with Crippen LogP contribution in [0.25, 0.3) is 21.8 Å². The maximum absolute atomic E-state index is 4.48. The summed E-state index contributed by atoms with van der Waals surface area (Å²) in [6.45, 7) is 0. The van der Waals surface area contributed by atoms with Gasteiger partial charge in [0.05, 0.1) is 20.0 Å². The molecule has 0 aliphatic rings. The smallest absolute Gasteiger partial charge is 0.0714 e. The highest BCUT2D eigenvalue weighted by atomic mass is 79.9. The first kappa shape index (κ1) is 15.1. The van der Waals surface area contributed by atoms with Crippen LogP contribution in [-0.4, -0.2) is 9.97 Å². The standard InChI is InChI=1S/C18H10Br2N2S/c19-13-9-21-15-7-3-1-5-11(15)17(13)23-18-12-6-2-4-8-16(12)22-10-14(18)20/h1-10H. The molecule has 2 heterocycles. The molecule has 0 atom stereocenters. The van der Waals surface area contributed by atoms with Gasteiger partial charge in [-0.25, -0.2) is 0 Å². The highest BCUT2D eigenvalue weighted by Gasteiger charge is 2.13. The average Bonchev–Trinajstić information content (AvgIpc) is 2.59. The van der Waals surface area contributed by atoms with Crippen molar-refractivity contribution >= 4 is 65.4 Å². The van der Waals surface area contributed by atoms with Gasteiger partial charge in [-0.3, -0.25) is 9.97 Å². The summed E-state index contributed by atoms with van der Waals surface area (Å²) in [5, 5.41) is 2.28. The highest BCUT2D eigenvalue weighted by molar-refractivity contribution is 9.11. The fraction of sp³-hybridized carbons (Fsp3) is 0. The molecule has 23 heavy (non-hydrogen) atoms. The molecule has 0 N–H and O–H groups in total. The predicted molar refractivity (Wildman–Crippen MR) is 103 cm³/mol. The van der Waals surface area contributed by atoms with Crippen LogP contribution in [0.2, 0.25) is 0 Å². The first-order valence-electron chi connectivity index (χ1n) is 6.98. The molecule has 0 aliphatic heterocycles. The molecule has 2 aromatic heterocycles. The number of hydrogen-bond donors (Lipinski definition) is 0. The van der Waals surface area contributed by atoms with Gasteiger partial charge >= 0.3 is 0 Å². The van der Waals surface area contributed by atoms with Crippen molar-refractivity contribution in [2.45, 2.75) is 9.79 Å². The van der Waals surface area contributed by atoms with E-state index in [0.717, 1.165) is 40.5 Å². The number of hydrogen-bond acceptors (Lipinski definition) is 3.